The van der Waals surface area contributed by atoms with Gasteiger partial charge in [0.1, 0.15) is 11.6 Å². The topological polar surface area (TPSA) is 74.2 Å². The lowest BCUT2D eigenvalue weighted by Crippen LogP contribution is -2.17. The molecule has 0 amide bonds. The van der Waals surface area contributed by atoms with Crippen molar-refractivity contribution in [3.63, 3.8) is 0 Å². The largest absolute Gasteiger partial charge is 0.494 e. The summed E-state index contributed by atoms with van der Waals surface area (Å²) >= 11 is 0. The highest BCUT2D eigenvalue weighted by Crippen LogP contribution is 2.23. The first-order valence-electron chi connectivity index (χ1n) is 6.33. The van der Waals surface area contributed by atoms with E-state index in [-0.39, 0.29) is 6.04 Å². The summed E-state index contributed by atoms with van der Waals surface area (Å²) < 4.78 is 5.64. The Balaban J connectivity index is 1.93. The third kappa shape index (κ3) is 3.45. The van der Waals surface area contributed by atoms with Gasteiger partial charge in [-0.2, -0.15) is 0 Å². The Kier molecular flexibility index (Phi) is 4.36. The van der Waals surface area contributed by atoms with Crippen LogP contribution in [0.1, 0.15) is 23.6 Å². The Morgan fingerprint density at radius 3 is 2.63 bits per heavy atom. The molecule has 0 spiro atoms. The van der Waals surface area contributed by atoms with Gasteiger partial charge in [0.15, 0.2) is 0 Å². The SMILES string of the molecule is Cc1ccnc(N)c1C(N)CCOc1ccccc1. The van der Waals surface area contributed by atoms with Crippen LogP contribution in [0.5, 0.6) is 5.75 Å². The molecule has 0 fully saturated rings. The van der Waals surface area contributed by atoms with Crippen LogP contribution in [0, 0.1) is 6.92 Å². The Labute approximate surface area is 113 Å². The third-order valence-electron chi connectivity index (χ3n) is 3.05. The Morgan fingerprint density at radius 1 is 1.21 bits per heavy atom. The molecule has 2 rings (SSSR count). The number of nitrogens with zero attached hydrogens (tertiary/aromatic N) is 1. The molecule has 0 saturated carbocycles. The van der Waals surface area contributed by atoms with Gasteiger partial charge in [-0.1, -0.05) is 18.2 Å². The molecular formula is C15H19N3O. The van der Waals surface area contributed by atoms with Gasteiger partial charge in [0.2, 0.25) is 0 Å². The van der Waals surface area contributed by atoms with Gasteiger partial charge in [0.25, 0.3) is 0 Å². The van der Waals surface area contributed by atoms with Crippen molar-refractivity contribution in [3.8, 4) is 5.75 Å². The Hall–Kier alpha value is -2.07. The number of hydrogen-bond acceptors (Lipinski definition) is 4. The van der Waals surface area contributed by atoms with E-state index in [9.17, 15) is 0 Å². The van der Waals surface area contributed by atoms with Crippen LogP contribution in [-0.4, -0.2) is 11.6 Å². The van der Waals surface area contributed by atoms with Crippen molar-refractivity contribution < 1.29 is 4.74 Å². The number of nitrogen functional groups attached to an aromatic ring is 1. The summed E-state index contributed by atoms with van der Waals surface area (Å²) in [4.78, 5) is 4.08. The van der Waals surface area contributed by atoms with Gasteiger partial charge < -0.3 is 16.2 Å². The number of para-hydroxylation sites is 1. The molecule has 1 aromatic carbocycles. The van der Waals surface area contributed by atoms with Crippen molar-refractivity contribution in [2.75, 3.05) is 12.3 Å². The summed E-state index contributed by atoms with van der Waals surface area (Å²) in [5, 5.41) is 0. The fraction of sp³-hybridized carbons (Fsp3) is 0.267. The van der Waals surface area contributed by atoms with Crippen molar-refractivity contribution in [1.29, 1.82) is 0 Å². The first-order chi connectivity index (χ1) is 9.18. The van der Waals surface area contributed by atoms with Gasteiger partial charge in [0, 0.05) is 24.2 Å². The molecule has 1 unspecified atom stereocenters. The monoisotopic (exact) mass is 257 g/mol. The van der Waals surface area contributed by atoms with Crippen LogP contribution in [-0.2, 0) is 0 Å². The van der Waals surface area contributed by atoms with Crippen LogP contribution in [0.25, 0.3) is 0 Å². The first kappa shape index (κ1) is 13.4. The first-order valence-corrected chi connectivity index (χ1v) is 6.33. The molecule has 0 aliphatic rings. The van der Waals surface area contributed by atoms with Gasteiger partial charge in [-0.05, 0) is 30.7 Å². The summed E-state index contributed by atoms with van der Waals surface area (Å²) in [6.45, 7) is 2.55. The van der Waals surface area contributed by atoms with Crippen molar-refractivity contribution in [1.82, 2.24) is 4.98 Å². The highest BCUT2D eigenvalue weighted by atomic mass is 16.5. The van der Waals surface area contributed by atoms with Gasteiger partial charge in [-0.25, -0.2) is 4.98 Å². The molecule has 4 heteroatoms. The van der Waals surface area contributed by atoms with Gasteiger partial charge in [0.05, 0.1) is 6.61 Å². The molecule has 4 N–H and O–H groups in total. The fourth-order valence-electron chi connectivity index (χ4n) is 2.04. The zero-order valence-electron chi connectivity index (χ0n) is 11.0. The normalized spacial score (nSPS) is 12.1. The average molecular weight is 257 g/mol. The van der Waals surface area contributed by atoms with Crippen LogP contribution in [0.15, 0.2) is 42.6 Å². The minimum absolute atomic E-state index is 0.155. The van der Waals surface area contributed by atoms with Gasteiger partial charge in [-0.3, -0.25) is 0 Å². The number of ether oxygens (including phenoxy) is 1. The van der Waals surface area contributed by atoms with Crippen molar-refractivity contribution in [2.45, 2.75) is 19.4 Å². The van der Waals surface area contributed by atoms with Crippen molar-refractivity contribution >= 4 is 5.82 Å². The quantitative estimate of drug-likeness (QED) is 0.862. The molecule has 0 aliphatic heterocycles. The molecule has 100 valence electrons. The zero-order chi connectivity index (χ0) is 13.7. The second kappa shape index (κ2) is 6.20. The summed E-state index contributed by atoms with van der Waals surface area (Å²) in [5.74, 6) is 1.36. The number of hydrogen-bond donors (Lipinski definition) is 2. The Morgan fingerprint density at radius 2 is 1.95 bits per heavy atom. The highest BCUT2D eigenvalue weighted by Gasteiger charge is 2.13. The van der Waals surface area contributed by atoms with Gasteiger partial charge in [-0.15, -0.1) is 0 Å². The minimum Gasteiger partial charge on any atom is -0.494 e. The molecular weight excluding hydrogens is 238 g/mol. The van der Waals surface area contributed by atoms with E-state index >= 15 is 0 Å². The van der Waals surface area contributed by atoms with E-state index in [1.165, 1.54) is 0 Å². The molecule has 0 bridgehead atoms. The van der Waals surface area contributed by atoms with E-state index in [1.54, 1.807) is 6.20 Å². The maximum absolute atomic E-state index is 6.16. The molecule has 4 nitrogen and oxygen atoms in total. The summed E-state index contributed by atoms with van der Waals surface area (Å²) in [7, 11) is 0. The van der Waals surface area contributed by atoms with E-state index < -0.39 is 0 Å². The third-order valence-corrected chi connectivity index (χ3v) is 3.05. The second-order valence-corrected chi connectivity index (χ2v) is 4.48. The van der Waals surface area contributed by atoms with E-state index in [1.807, 2.05) is 43.3 Å². The maximum atomic E-state index is 6.16. The molecule has 1 heterocycles. The van der Waals surface area contributed by atoms with Gasteiger partial charge >= 0.3 is 0 Å². The number of aromatic nitrogens is 1. The number of pyridine rings is 1. The standard InChI is InChI=1S/C15H19N3O/c1-11-7-9-18-15(17)14(11)13(16)8-10-19-12-5-3-2-4-6-12/h2-7,9,13H,8,10,16H2,1H3,(H2,17,18). The van der Waals surface area contributed by atoms with Crippen LogP contribution in [0.3, 0.4) is 0 Å². The smallest absolute Gasteiger partial charge is 0.128 e. The lowest BCUT2D eigenvalue weighted by atomic mass is 10.0. The average Bonchev–Trinajstić information content (AvgIpc) is 2.40. The van der Waals surface area contributed by atoms with Crippen LogP contribution in [0.2, 0.25) is 0 Å². The summed E-state index contributed by atoms with van der Waals surface area (Å²) in [6, 6.07) is 11.5. The molecule has 0 radical (unpaired) electrons. The number of benzene rings is 1. The number of anilines is 1. The lowest BCUT2D eigenvalue weighted by molar-refractivity contribution is 0.298. The van der Waals surface area contributed by atoms with Crippen LogP contribution >= 0.6 is 0 Å². The minimum atomic E-state index is -0.155. The number of nitrogens with two attached hydrogens (primary N) is 2. The maximum Gasteiger partial charge on any atom is 0.128 e. The summed E-state index contributed by atoms with van der Waals surface area (Å²) in [6.07, 6.45) is 2.40. The second-order valence-electron chi connectivity index (χ2n) is 4.48. The molecule has 1 aromatic heterocycles. The number of aryl methyl sites for hydroxylation is 1. The molecule has 1 atom stereocenters. The number of rotatable bonds is 5. The lowest BCUT2D eigenvalue weighted by Gasteiger charge is -2.16. The molecule has 2 aromatic rings. The van der Waals surface area contributed by atoms with Crippen LogP contribution in [0.4, 0.5) is 5.82 Å². The van der Waals surface area contributed by atoms with Crippen LogP contribution < -0.4 is 16.2 Å². The van der Waals surface area contributed by atoms with E-state index in [0.717, 1.165) is 16.9 Å². The van der Waals surface area contributed by atoms with E-state index in [4.69, 9.17) is 16.2 Å². The zero-order valence-corrected chi connectivity index (χ0v) is 11.0. The molecule has 0 saturated heterocycles. The fourth-order valence-corrected chi connectivity index (χ4v) is 2.04. The van der Waals surface area contributed by atoms with Crippen molar-refractivity contribution in [2.24, 2.45) is 5.73 Å². The van der Waals surface area contributed by atoms with Crippen molar-refractivity contribution in [3.05, 3.63) is 53.7 Å². The molecule has 19 heavy (non-hydrogen) atoms. The summed E-state index contributed by atoms with van der Waals surface area (Å²) in [5.41, 5.74) is 14.0. The molecule has 0 aliphatic carbocycles. The van der Waals surface area contributed by atoms with E-state index in [2.05, 4.69) is 4.98 Å². The Bertz CT molecular complexity index is 508. The van der Waals surface area contributed by atoms with E-state index in [0.29, 0.717) is 18.8 Å². The predicted octanol–water partition coefficient (Wildman–Crippen LogP) is 2.44. The predicted molar refractivity (Wildman–Crippen MR) is 76.9 cm³/mol. The highest BCUT2D eigenvalue weighted by molar-refractivity contribution is 5.45.